The Balaban J connectivity index is 1.73. The highest BCUT2D eigenvalue weighted by Gasteiger charge is 2.48. The third-order valence-corrected chi connectivity index (χ3v) is 6.37. The third-order valence-electron chi connectivity index (χ3n) is 6.37. The first kappa shape index (κ1) is 19.7. The quantitative estimate of drug-likeness (QED) is 0.686. The molecule has 1 aromatic rings. The number of carboxylic acid groups (broad SMARTS) is 1. The topological polar surface area (TPSA) is 81.7 Å². The largest absolute Gasteiger partial charge is 0.481 e. The van der Waals surface area contributed by atoms with Crippen molar-refractivity contribution in [2.24, 2.45) is 5.92 Å². The van der Waals surface area contributed by atoms with E-state index in [4.69, 9.17) is 5.11 Å². The molecule has 6 heteroatoms. The lowest BCUT2D eigenvalue weighted by Gasteiger charge is -2.38. The van der Waals surface area contributed by atoms with Crippen LogP contribution in [0.4, 0.5) is 4.79 Å². The minimum atomic E-state index is -0.783. The zero-order valence-corrected chi connectivity index (χ0v) is 16.3. The second kappa shape index (κ2) is 8.30. The molecular formula is C21H31N3O3. The summed E-state index contributed by atoms with van der Waals surface area (Å²) < 4.78 is 0. The summed E-state index contributed by atoms with van der Waals surface area (Å²) in [5, 5.41) is 15.3. The number of hydrogen-bond acceptors (Lipinski definition) is 3. The molecule has 2 fully saturated rings. The monoisotopic (exact) mass is 373 g/mol. The van der Waals surface area contributed by atoms with E-state index in [1.807, 2.05) is 29.2 Å². The van der Waals surface area contributed by atoms with E-state index in [2.05, 4.69) is 24.5 Å². The molecule has 0 spiro atoms. The number of carbonyl (C=O) groups excluding carboxylic acids is 1. The van der Waals surface area contributed by atoms with Gasteiger partial charge in [0, 0.05) is 13.0 Å². The highest BCUT2D eigenvalue weighted by Crippen LogP contribution is 2.37. The van der Waals surface area contributed by atoms with Gasteiger partial charge >= 0.3 is 12.0 Å². The molecule has 2 saturated heterocycles. The van der Waals surface area contributed by atoms with E-state index >= 15 is 0 Å². The van der Waals surface area contributed by atoms with Crippen molar-refractivity contribution >= 4 is 12.0 Å². The van der Waals surface area contributed by atoms with Crippen LogP contribution < -0.4 is 10.6 Å². The van der Waals surface area contributed by atoms with Crippen LogP contribution in [0.1, 0.15) is 50.7 Å². The summed E-state index contributed by atoms with van der Waals surface area (Å²) >= 11 is 0. The molecule has 0 radical (unpaired) electrons. The molecule has 2 aliphatic rings. The predicted molar refractivity (Wildman–Crippen MR) is 105 cm³/mol. The summed E-state index contributed by atoms with van der Waals surface area (Å²) in [7, 11) is 0. The Labute approximate surface area is 161 Å². The number of amides is 2. The van der Waals surface area contributed by atoms with E-state index in [0.29, 0.717) is 12.3 Å². The lowest BCUT2D eigenvalue weighted by molar-refractivity contribution is -0.136. The second-order valence-electron chi connectivity index (χ2n) is 8.04. The summed E-state index contributed by atoms with van der Waals surface area (Å²) in [4.78, 5) is 25.4. The number of hydrogen-bond donors (Lipinski definition) is 3. The van der Waals surface area contributed by atoms with Gasteiger partial charge < -0.3 is 20.6 Å². The number of urea groups is 1. The van der Waals surface area contributed by atoms with Gasteiger partial charge in [-0.25, -0.2) is 4.79 Å². The summed E-state index contributed by atoms with van der Waals surface area (Å²) in [5.74, 6) is -0.105. The number of benzene rings is 1. The van der Waals surface area contributed by atoms with Crippen molar-refractivity contribution in [1.82, 2.24) is 15.5 Å². The maximum atomic E-state index is 12.6. The first-order valence-electron chi connectivity index (χ1n) is 10.0. The smallest absolute Gasteiger partial charge is 0.318 e. The van der Waals surface area contributed by atoms with Crippen LogP contribution >= 0.6 is 0 Å². The lowest BCUT2D eigenvalue weighted by Crippen LogP contribution is -2.46. The highest BCUT2D eigenvalue weighted by molar-refractivity contribution is 5.79. The maximum absolute atomic E-state index is 12.6. The molecule has 27 heavy (non-hydrogen) atoms. The van der Waals surface area contributed by atoms with Crippen LogP contribution in [0.2, 0.25) is 0 Å². The molecule has 2 aliphatic heterocycles. The number of carbonyl (C=O) groups is 2. The number of aliphatic carboxylic acids is 1. The number of nitrogens with one attached hydrogen (secondary N) is 2. The molecule has 0 aliphatic carbocycles. The Bertz CT molecular complexity index is 670. The van der Waals surface area contributed by atoms with E-state index in [1.165, 1.54) is 12.8 Å². The molecule has 6 nitrogen and oxygen atoms in total. The zero-order chi connectivity index (χ0) is 19.4. The molecule has 3 rings (SSSR count). The van der Waals surface area contributed by atoms with Crippen molar-refractivity contribution in [2.45, 2.75) is 57.5 Å². The normalized spacial score (nSPS) is 26.2. The highest BCUT2D eigenvalue weighted by atomic mass is 16.4. The van der Waals surface area contributed by atoms with Gasteiger partial charge in [0.1, 0.15) is 0 Å². The summed E-state index contributed by atoms with van der Waals surface area (Å²) in [6, 6.07) is 8.10. The fourth-order valence-corrected chi connectivity index (χ4v) is 4.33. The van der Waals surface area contributed by atoms with Crippen molar-refractivity contribution < 1.29 is 14.7 Å². The number of piperidine rings is 1. The number of carboxylic acids is 1. The van der Waals surface area contributed by atoms with Crippen molar-refractivity contribution in [3.63, 3.8) is 0 Å². The van der Waals surface area contributed by atoms with Gasteiger partial charge in [-0.15, -0.1) is 0 Å². The number of nitrogens with zero attached hydrogens (tertiary/aromatic N) is 1. The van der Waals surface area contributed by atoms with Crippen molar-refractivity contribution in [1.29, 1.82) is 0 Å². The van der Waals surface area contributed by atoms with Gasteiger partial charge in [-0.05, 0) is 69.7 Å². The van der Waals surface area contributed by atoms with Gasteiger partial charge in [-0.3, -0.25) is 4.79 Å². The molecule has 1 aromatic carbocycles. The van der Waals surface area contributed by atoms with Gasteiger partial charge in [0.15, 0.2) is 0 Å². The van der Waals surface area contributed by atoms with Crippen LogP contribution in [0.25, 0.3) is 0 Å². The minimum Gasteiger partial charge on any atom is -0.481 e. The Morgan fingerprint density at radius 3 is 2.56 bits per heavy atom. The van der Waals surface area contributed by atoms with Crippen LogP contribution in [-0.2, 0) is 16.8 Å². The van der Waals surface area contributed by atoms with Crippen molar-refractivity contribution in [3.05, 3.63) is 35.4 Å². The number of rotatable bonds is 7. The molecular weight excluding hydrogens is 342 g/mol. The molecule has 0 saturated carbocycles. The molecule has 0 bridgehead atoms. The Kier molecular flexibility index (Phi) is 6.05. The van der Waals surface area contributed by atoms with Gasteiger partial charge in [0.05, 0.1) is 11.6 Å². The fourth-order valence-electron chi connectivity index (χ4n) is 4.33. The molecule has 2 amide bonds. The van der Waals surface area contributed by atoms with Crippen molar-refractivity contribution in [3.8, 4) is 0 Å². The van der Waals surface area contributed by atoms with Gasteiger partial charge in [-0.2, -0.15) is 0 Å². The van der Waals surface area contributed by atoms with Gasteiger partial charge in [0.2, 0.25) is 0 Å². The second-order valence-corrected chi connectivity index (χ2v) is 8.04. The van der Waals surface area contributed by atoms with Crippen LogP contribution in [0.5, 0.6) is 0 Å². The van der Waals surface area contributed by atoms with Crippen LogP contribution in [0, 0.1) is 5.92 Å². The SMILES string of the molecule is C[C@H]1NC(=O)N(CCC2CCNCC2)[C@@]1(C)c1ccc(CCC(=O)O)cc1. The van der Waals surface area contributed by atoms with E-state index in [-0.39, 0.29) is 18.5 Å². The average molecular weight is 373 g/mol. The fraction of sp³-hybridized carbons (Fsp3) is 0.619. The van der Waals surface area contributed by atoms with Crippen LogP contribution in [0.3, 0.4) is 0 Å². The molecule has 0 unspecified atom stereocenters. The zero-order valence-electron chi connectivity index (χ0n) is 16.3. The first-order valence-corrected chi connectivity index (χ1v) is 10.0. The maximum Gasteiger partial charge on any atom is 0.318 e. The summed E-state index contributed by atoms with van der Waals surface area (Å²) in [6.07, 6.45) is 4.06. The van der Waals surface area contributed by atoms with Gasteiger partial charge in [0.25, 0.3) is 0 Å². The molecule has 2 heterocycles. The van der Waals surface area contributed by atoms with E-state index in [9.17, 15) is 9.59 Å². The van der Waals surface area contributed by atoms with E-state index < -0.39 is 11.5 Å². The van der Waals surface area contributed by atoms with E-state index in [0.717, 1.165) is 37.2 Å². The van der Waals surface area contributed by atoms with Crippen LogP contribution in [-0.4, -0.2) is 47.7 Å². The van der Waals surface area contributed by atoms with Crippen LogP contribution in [0.15, 0.2) is 24.3 Å². The van der Waals surface area contributed by atoms with Crippen molar-refractivity contribution in [2.75, 3.05) is 19.6 Å². The first-order chi connectivity index (χ1) is 12.9. The minimum absolute atomic E-state index is 0.00823. The number of aryl methyl sites for hydroxylation is 1. The predicted octanol–water partition coefficient (Wildman–Crippen LogP) is 2.72. The Morgan fingerprint density at radius 1 is 1.26 bits per heavy atom. The Morgan fingerprint density at radius 2 is 1.93 bits per heavy atom. The molecule has 2 atom stereocenters. The third kappa shape index (κ3) is 4.26. The Hall–Kier alpha value is -2.08. The summed E-state index contributed by atoms with van der Waals surface area (Å²) in [6.45, 7) is 7.09. The summed E-state index contributed by atoms with van der Waals surface area (Å²) in [5.41, 5.74) is 1.71. The standard InChI is InChI=1S/C21H31N3O3/c1-15-21(2,18-6-3-16(4-7-18)5-8-19(25)26)24(20(27)23-15)14-11-17-9-12-22-13-10-17/h3-4,6-7,15,17,22H,5,8-14H2,1-2H3,(H,23,27)(H,25,26)/t15-,21-/m1/s1. The molecule has 148 valence electrons. The average Bonchev–Trinajstić information content (AvgIpc) is 2.89. The molecule has 3 N–H and O–H groups in total. The molecule has 0 aromatic heterocycles. The van der Waals surface area contributed by atoms with Gasteiger partial charge in [-0.1, -0.05) is 24.3 Å². The van der Waals surface area contributed by atoms with E-state index in [1.54, 1.807) is 0 Å². The lowest BCUT2D eigenvalue weighted by atomic mass is 9.84.